The van der Waals surface area contributed by atoms with Gasteiger partial charge < -0.3 is 10.3 Å². The van der Waals surface area contributed by atoms with Crippen LogP contribution in [0, 0.1) is 5.82 Å². The van der Waals surface area contributed by atoms with E-state index in [0.29, 0.717) is 0 Å². The summed E-state index contributed by atoms with van der Waals surface area (Å²) in [6.45, 7) is 0. The average Bonchev–Trinajstić information content (AvgIpc) is 2.65. The lowest BCUT2D eigenvalue weighted by atomic mass is 10.3. The Morgan fingerprint density at radius 1 is 1.17 bits per heavy atom. The molecular formula is C11H6Cl3FN2O. The van der Waals surface area contributed by atoms with Crippen LogP contribution in [0.5, 0.6) is 0 Å². The molecule has 0 atom stereocenters. The van der Waals surface area contributed by atoms with Gasteiger partial charge in [-0.25, -0.2) is 4.39 Å². The summed E-state index contributed by atoms with van der Waals surface area (Å²) in [7, 11) is 0. The summed E-state index contributed by atoms with van der Waals surface area (Å²) >= 11 is 16.9. The number of hydrogen-bond acceptors (Lipinski definition) is 1. The number of rotatable bonds is 2. The number of aromatic amines is 1. The highest BCUT2D eigenvalue weighted by Crippen LogP contribution is 2.23. The van der Waals surface area contributed by atoms with Gasteiger partial charge in [-0.15, -0.1) is 0 Å². The lowest BCUT2D eigenvalue weighted by Gasteiger charge is -2.04. The maximum atomic E-state index is 13.2. The predicted octanol–water partition coefficient (Wildman–Crippen LogP) is 4.37. The quantitative estimate of drug-likeness (QED) is 0.850. The number of aromatic nitrogens is 1. The Balaban J connectivity index is 2.18. The van der Waals surface area contributed by atoms with Crippen LogP contribution in [0.25, 0.3) is 0 Å². The minimum atomic E-state index is -0.614. The third kappa shape index (κ3) is 2.77. The summed E-state index contributed by atoms with van der Waals surface area (Å²) in [6.07, 6.45) is 0. The Bertz CT molecular complexity index is 593. The molecule has 0 aliphatic heterocycles. The van der Waals surface area contributed by atoms with E-state index in [2.05, 4.69) is 10.3 Å². The topological polar surface area (TPSA) is 44.9 Å². The van der Waals surface area contributed by atoms with Crippen molar-refractivity contribution in [1.82, 2.24) is 4.98 Å². The van der Waals surface area contributed by atoms with Crippen molar-refractivity contribution >= 4 is 46.4 Å². The standard InChI is InChI=1S/C11H6Cl3FN2O/c12-6-2-1-5(3-8(6)15)16-11(18)9-4-7(13)10(14)17-9/h1-4,17H,(H,16,18). The zero-order valence-corrected chi connectivity index (χ0v) is 11.0. The van der Waals surface area contributed by atoms with E-state index in [1.807, 2.05) is 0 Å². The molecule has 2 N–H and O–H groups in total. The first-order valence-electron chi connectivity index (χ1n) is 4.78. The minimum Gasteiger partial charge on any atom is -0.340 e. The highest BCUT2D eigenvalue weighted by molar-refractivity contribution is 6.41. The van der Waals surface area contributed by atoms with Gasteiger partial charge in [-0.3, -0.25) is 4.79 Å². The molecule has 1 amide bonds. The van der Waals surface area contributed by atoms with E-state index in [9.17, 15) is 9.18 Å². The summed E-state index contributed by atoms with van der Waals surface area (Å²) in [5.74, 6) is -1.09. The lowest BCUT2D eigenvalue weighted by Crippen LogP contribution is -2.12. The molecule has 0 aliphatic carbocycles. The summed E-state index contributed by atoms with van der Waals surface area (Å²) in [4.78, 5) is 14.4. The maximum Gasteiger partial charge on any atom is 0.272 e. The van der Waals surface area contributed by atoms with Crippen LogP contribution < -0.4 is 5.32 Å². The van der Waals surface area contributed by atoms with Crippen LogP contribution in [0.3, 0.4) is 0 Å². The van der Waals surface area contributed by atoms with Crippen molar-refractivity contribution in [2.24, 2.45) is 0 Å². The molecule has 2 aromatic rings. The van der Waals surface area contributed by atoms with Gasteiger partial charge in [-0.05, 0) is 24.3 Å². The van der Waals surface area contributed by atoms with Crippen molar-refractivity contribution < 1.29 is 9.18 Å². The molecule has 94 valence electrons. The Morgan fingerprint density at radius 2 is 1.89 bits per heavy atom. The zero-order valence-electron chi connectivity index (χ0n) is 8.73. The first kappa shape index (κ1) is 13.2. The van der Waals surface area contributed by atoms with Crippen LogP contribution in [0.2, 0.25) is 15.2 Å². The fraction of sp³-hybridized carbons (Fsp3) is 0. The third-order valence-corrected chi connectivity index (χ3v) is 3.15. The molecule has 0 saturated heterocycles. The molecule has 7 heteroatoms. The molecule has 0 fully saturated rings. The van der Waals surface area contributed by atoms with Gasteiger partial charge in [0, 0.05) is 5.69 Å². The van der Waals surface area contributed by atoms with Crippen molar-refractivity contribution in [3.8, 4) is 0 Å². The van der Waals surface area contributed by atoms with Crippen LogP contribution in [0.15, 0.2) is 24.3 Å². The molecular weight excluding hydrogens is 301 g/mol. The number of amides is 1. The normalized spacial score (nSPS) is 10.4. The van der Waals surface area contributed by atoms with Gasteiger partial charge in [0.2, 0.25) is 0 Å². The number of anilines is 1. The third-order valence-electron chi connectivity index (χ3n) is 2.15. The molecule has 0 spiro atoms. The molecule has 0 saturated carbocycles. The van der Waals surface area contributed by atoms with Gasteiger partial charge in [-0.2, -0.15) is 0 Å². The summed E-state index contributed by atoms with van der Waals surface area (Å²) < 4.78 is 13.2. The Hall–Kier alpha value is -1.23. The highest BCUT2D eigenvalue weighted by Gasteiger charge is 2.12. The number of carbonyl (C=O) groups excluding carboxylic acids is 1. The summed E-state index contributed by atoms with van der Waals surface area (Å²) in [5.41, 5.74) is 0.462. The summed E-state index contributed by atoms with van der Waals surface area (Å²) in [5, 5.41) is 2.88. The Labute approximate surface area is 117 Å². The highest BCUT2D eigenvalue weighted by atomic mass is 35.5. The second kappa shape index (κ2) is 5.18. The predicted molar refractivity (Wildman–Crippen MR) is 70.2 cm³/mol. The van der Waals surface area contributed by atoms with Crippen LogP contribution in [0.1, 0.15) is 10.5 Å². The fourth-order valence-electron chi connectivity index (χ4n) is 1.30. The van der Waals surface area contributed by atoms with E-state index in [1.54, 1.807) is 0 Å². The lowest BCUT2D eigenvalue weighted by molar-refractivity contribution is 0.102. The van der Waals surface area contributed by atoms with Gasteiger partial charge in [0.25, 0.3) is 5.91 Å². The molecule has 18 heavy (non-hydrogen) atoms. The fourth-order valence-corrected chi connectivity index (χ4v) is 1.73. The van der Waals surface area contributed by atoms with E-state index in [4.69, 9.17) is 34.8 Å². The van der Waals surface area contributed by atoms with Crippen molar-refractivity contribution in [2.75, 3.05) is 5.32 Å². The molecule has 0 unspecified atom stereocenters. The second-order valence-corrected chi connectivity index (χ2v) is 4.62. The number of H-pyrrole nitrogens is 1. The minimum absolute atomic E-state index is 0.0149. The number of carbonyl (C=O) groups is 1. The number of benzene rings is 1. The van der Waals surface area contributed by atoms with Crippen molar-refractivity contribution in [2.45, 2.75) is 0 Å². The second-order valence-electron chi connectivity index (χ2n) is 3.43. The van der Waals surface area contributed by atoms with E-state index >= 15 is 0 Å². The molecule has 1 aromatic heterocycles. The number of nitrogens with one attached hydrogen (secondary N) is 2. The van der Waals surface area contributed by atoms with Crippen LogP contribution >= 0.6 is 34.8 Å². The van der Waals surface area contributed by atoms with Gasteiger partial charge in [0.05, 0.1) is 10.0 Å². The van der Waals surface area contributed by atoms with E-state index < -0.39 is 11.7 Å². The van der Waals surface area contributed by atoms with Gasteiger partial charge in [0.15, 0.2) is 0 Å². The van der Waals surface area contributed by atoms with Gasteiger partial charge >= 0.3 is 0 Å². The van der Waals surface area contributed by atoms with Crippen molar-refractivity contribution in [3.63, 3.8) is 0 Å². The number of hydrogen-bond donors (Lipinski definition) is 2. The zero-order chi connectivity index (χ0) is 13.3. The maximum absolute atomic E-state index is 13.2. The molecule has 0 aliphatic rings. The Morgan fingerprint density at radius 3 is 2.44 bits per heavy atom. The average molecular weight is 308 g/mol. The van der Waals surface area contributed by atoms with Crippen LogP contribution in [0.4, 0.5) is 10.1 Å². The molecule has 0 bridgehead atoms. The van der Waals surface area contributed by atoms with Crippen molar-refractivity contribution in [3.05, 3.63) is 51.0 Å². The van der Waals surface area contributed by atoms with Crippen LogP contribution in [-0.2, 0) is 0 Å². The van der Waals surface area contributed by atoms with Gasteiger partial charge in [-0.1, -0.05) is 34.8 Å². The SMILES string of the molecule is O=C(Nc1ccc(Cl)c(F)c1)c1cc(Cl)c(Cl)[nH]1. The van der Waals surface area contributed by atoms with Gasteiger partial charge in [0.1, 0.15) is 16.7 Å². The monoisotopic (exact) mass is 306 g/mol. The Kier molecular flexibility index (Phi) is 3.80. The summed E-state index contributed by atoms with van der Waals surface area (Å²) in [6, 6.07) is 5.33. The molecule has 0 radical (unpaired) electrons. The molecule has 2 rings (SSSR count). The molecule has 1 heterocycles. The molecule has 1 aromatic carbocycles. The van der Waals surface area contributed by atoms with Crippen molar-refractivity contribution in [1.29, 1.82) is 0 Å². The molecule has 3 nitrogen and oxygen atoms in total. The van der Waals surface area contributed by atoms with E-state index in [-0.39, 0.29) is 26.6 Å². The van der Waals surface area contributed by atoms with E-state index in [1.165, 1.54) is 18.2 Å². The van der Waals surface area contributed by atoms with Crippen LogP contribution in [-0.4, -0.2) is 10.9 Å². The first-order chi connectivity index (χ1) is 8.47. The van der Waals surface area contributed by atoms with E-state index in [0.717, 1.165) is 6.07 Å². The largest absolute Gasteiger partial charge is 0.340 e. The smallest absolute Gasteiger partial charge is 0.272 e. The first-order valence-corrected chi connectivity index (χ1v) is 5.91. The number of halogens is 4.